The molecule has 1 amide bonds. The van der Waals surface area contributed by atoms with Crippen molar-refractivity contribution < 1.29 is 9.53 Å². The smallest absolute Gasteiger partial charge is 0.230 e. The minimum atomic E-state index is -0.273. The summed E-state index contributed by atoms with van der Waals surface area (Å²) in [6.07, 6.45) is 0.863. The third kappa shape index (κ3) is 2.90. The Kier molecular flexibility index (Phi) is 4.60. The molecule has 2 aromatic rings. The minimum Gasteiger partial charge on any atom is -0.497 e. The molecule has 1 aliphatic heterocycles. The van der Waals surface area contributed by atoms with Gasteiger partial charge in [-0.15, -0.1) is 0 Å². The molecule has 1 aliphatic rings. The molecule has 0 fully saturated rings. The van der Waals surface area contributed by atoms with E-state index in [-0.39, 0.29) is 22.8 Å². The average molecular weight is 351 g/mol. The van der Waals surface area contributed by atoms with Crippen LogP contribution < -0.4 is 9.64 Å². The highest BCUT2D eigenvalue weighted by atomic mass is 16.5. The summed E-state index contributed by atoms with van der Waals surface area (Å²) in [5.41, 5.74) is 3.04. The van der Waals surface area contributed by atoms with E-state index in [0.717, 1.165) is 17.9 Å². The fourth-order valence-electron chi connectivity index (χ4n) is 4.39. The van der Waals surface area contributed by atoms with E-state index in [4.69, 9.17) is 4.74 Å². The van der Waals surface area contributed by atoms with E-state index in [9.17, 15) is 4.79 Å². The minimum absolute atomic E-state index is 0.0346. The quantitative estimate of drug-likeness (QED) is 0.763. The number of methoxy groups -OCH3 is 1. The van der Waals surface area contributed by atoms with Gasteiger partial charge in [0.05, 0.1) is 7.11 Å². The molecule has 0 radical (unpaired) electrons. The van der Waals surface area contributed by atoms with Crippen molar-refractivity contribution in [3.05, 3.63) is 59.7 Å². The summed E-state index contributed by atoms with van der Waals surface area (Å²) in [6, 6.07) is 16.7. The highest BCUT2D eigenvalue weighted by Gasteiger charge is 2.47. The Morgan fingerprint density at radius 3 is 2.23 bits per heavy atom. The molecule has 138 valence electrons. The molecule has 0 N–H and O–H groups in total. The van der Waals surface area contributed by atoms with Crippen molar-refractivity contribution in [1.82, 2.24) is 0 Å². The molecule has 3 nitrogen and oxygen atoms in total. The summed E-state index contributed by atoms with van der Waals surface area (Å²) >= 11 is 0. The SMILES string of the molecule is COc1ccc(C2(C)CC(C)(C)N(C(=O)C(C)C)c3ccccc32)cc1. The first kappa shape index (κ1) is 18.5. The molecule has 1 unspecified atom stereocenters. The zero-order valence-corrected chi connectivity index (χ0v) is 16.7. The van der Waals surface area contributed by atoms with Crippen LogP contribution in [0.2, 0.25) is 0 Å². The fourth-order valence-corrected chi connectivity index (χ4v) is 4.39. The van der Waals surface area contributed by atoms with Crippen LogP contribution in [0.25, 0.3) is 0 Å². The van der Waals surface area contributed by atoms with Gasteiger partial charge >= 0.3 is 0 Å². The van der Waals surface area contributed by atoms with E-state index in [1.54, 1.807) is 7.11 Å². The van der Waals surface area contributed by atoms with Gasteiger partial charge in [0.1, 0.15) is 5.75 Å². The number of para-hydroxylation sites is 1. The predicted molar refractivity (Wildman–Crippen MR) is 107 cm³/mol. The van der Waals surface area contributed by atoms with Crippen molar-refractivity contribution in [1.29, 1.82) is 0 Å². The molecule has 0 saturated heterocycles. The van der Waals surface area contributed by atoms with Gasteiger partial charge in [-0.05, 0) is 49.6 Å². The Hall–Kier alpha value is -2.29. The summed E-state index contributed by atoms with van der Waals surface area (Å²) in [5.74, 6) is 1.00. The summed E-state index contributed by atoms with van der Waals surface area (Å²) in [6.45, 7) is 10.6. The maximum absolute atomic E-state index is 13.0. The molecule has 0 bridgehead atoms. The Balaban J connectivity index is 2.19. The highest BCUT2D eigenvalue weighted by Crippen LogP contribution is 2.50. The lowest BCUT2D eigenvalue weighted by Crippen LogP contribution is -2.56. The Bertz CT molecular complexity index is 807. The highest BCUT2D eigenvalue weighted by molar-refractivity contribution is 5.97. The molecule has 3 rings (SSSR count). The molecule has 0 aliphatic carbocycles. The largest absolute Gasteiger partial charge is 0.497 e. The third-order valence-electron chi connectivity index (χ3n) is 5.57. The van der Waals surface area contributed by atoms with Crippen molar-refractivity contribution in [2.45, 2.75) is 52.0 Å². The Labute approximate surface area is 157 Å². The van der Waals surface area contributed by atoms with Gasteiger partial charge < -0.3 is 9.64 Å². The lowest BCUT2D eigenvalue weighted by atomic mass is 9.65. The number of benzene rings is 2. The second kappa shape index (κ2) is 6.46. The number of carbonyl (C=O) groups excluding carboxylic acids is 1. The lowest BCUT2D eigenvalue weighted by molar-refractivity contribution is -0.122. The lowest BCUT2D eigenvalue weighted by Gasteiger charge is -2.52. The molecule has 0 aromatic heterocycles. The Morgan fingerprint density at radius 2 is 1.65 bits per heavy atom. The van der Waals surface area contributed by atoms with Crippen LogP contribution in [0.4, 0.5) is 5.69 Å². The van der Waals surface area contributed by atoms with Crippen LogP contribution in [0.1, 0.15) is 52.2 Å². The van der Waals surface area contributed by atoms with Gasteiger partial charge in [0.2, 0.25) is 5.91 Å². The van der Waals surface area contributed by atoms with Gasteiger partial charge in [0.25, 0.3) is 0 Å². The van der Waals surface area contributed by atoms with Gasteiger partial charge in [-0.1, -0.05) is 51.1 Å². The summed E-state index contributed by atoms with van der Waals surface area (Å²) in [4.78, 5) is 15.0. The zero-order chi connectivity index (χ0) is 19.1. The van der Waals surface area contributed by atoms with Crippen LogP contribution in [0.3, 0.4) is 0 Å². The van der Waals surface area contributed by atoms with E-state index in [2.05, 4.69) is 51.1 Å². The molecule has 26 heavy (non-hydrogen) atoms. The van der Waals surface area contributed by atoms with Crippen LogP contribution in [-0.2, 0) is 10.2 Å². The number of amides is 1. The summed E-state index contributed by atoms with van der Waals surface area (Å²) < 4.78 is 5.32. The third-order valence-corrected chi connectivity index (χ3v) is 5.57. The first-order valence-electron chi connectivity index (χ1n) is 9.29. The summed E-state index contributed by atoms with van der Waals surface area (Å²) in [5, 5.41) is 0. The topological polar surface area (TPSA) is 29.5 Å². The van der Waals surface area contributed by atoms with Crippen LogP contribution in [0, 0.1) is 5.92 Å². The maximum Gasteiger partial charge on any atom is 0.230 e. The molecular formula is C23H29NO2. The Morgan fingerprint density at radius 1 is 1.04 bits per heavy atom. The molecule has 2 aromatic carbocycles. The average Bonchev–Trinajstić information content (AvgIpc) is 2.61. The van der Waals surface area contributed by atoms with Gasteiger partial charge in [0, 0.05) is 22.6 Å². The van der Waals surface area contributed by atoms with Crippen molar-refractivity contribution in [3.8, 4) is 5.75 Å². The van der Waals surface area contributed by atoms with E-state index < -0.39 is 0 Å². The van der Waals surface area contributed by atoms with Gasteiger partial charge in [-0.2, -0.15) is 0 Å². The van der Waals surface area contributed by atoms with Crippen molar-refractivity contribution in [2.24, 2.45) is 5.92 Å². The van der Waals surface area contributed by atoms with Crippen molar-refractivity contribution in [2.75, 3.05) is 12.0 Å². The van der Waals surface area contributed by atoms with Crippen LogP contribution >= 0.6 is 0 Å². The maximum atomic E-state index is 13.0. The van der Waals surface area contributed by atoms with E-state index in [0.29, 0.717) is 0 Å². The number of anilines is 1. The van der Waals surface area contributed by atoms with E-state index in [1.165, 1.54) is 11.1 Å². The van der Waals surface area contributed by atoms with Crippen molar-refractivity contribution in [3.63, 3.8) is 0 Å². The van der Waals surface area contributed by atoms with Crippen LogP contribution in [0.15, 0.2) is 48.5 Å². The van der Waals surface area contributed by atoms with Gasteiger partial charge in [-0.3, -0.25) is 4.79 Å². The predicted octanol–water partition coefficient (Wildman–Crippen LogP) is 5.17. The number of hydrogen-bond donors (Lipinski definition) is 0. The van der Waals surface area contributed by atoms with Crippen LogP contribution in [0.5, 0.6) is 5.75 Å². The molecule has 3 heteroatoms. The first-order chi connectivity index (χ1) is 12.2. The fraction of sp³-hybridized carbons (Fsp3) is 0.435. The van der Waals surface area contributed by atoms with Crippen LogP contribution in [-0.4, -0.2) is 18.6 Å². The molecule has 1 heterocycles. The number of hydrogen-bond acceptors (Lipinski definition) is 2. The second-order valence-corrected chi connectivity index (χ2v) is 8.40. The second-order valence-electron chi connectivity index (χ2n) is 8.40. The number of ether oxygens (including phenoxy) is 1. The number of carbonyl (C=O) groups is 1. The van der Waals surface area contributed by atoms with Gasteiger partial charge in [0.15, 0.2) is 0 Å². The number of rotatable bonds is 3. The first-order valence-corrected chi connectivity index (χ1v) is 9.29. The number of fused-ring (bicyclic) bond motifs is 1. The van der Waals surface area contributed by atoms with E-state index >= 15 is 0 Å². The van der Waals surface area contributed by atoms with Crippen molar-refractivity contribution >= 4 is 11.6 Å². The standard InChI is InChI=1S/C23H29NO2/c1-16(2)21(25)24-20-10-8-7-9-19(20)23(5,15-22(24,3)4)17-11-13-18(26-6)14-12-17/h7-14,16H,15H2,1-6H3. The summed E-state index contributed by atoms with van der Waals surface area (Å²) in [7, 11) is 1.69. The van der Waals surface area contributed by atoms with Gasteiger partial charge in [-0.25, -0.2) is 0 Å². The monoisotopic (exact) mass is 351 g/mol. The zero-order valence-electron chi connectivity index (χ0n) is 16.7. The molecular weight excluding hydrogens is 322 g/mol. The number of nitrogens with zero attached hydrogens (tertiary/aromatic N) is 1. The molecule has 1 atom stereocenters. The molecule has 0 saturated carbocycles. The van der Waals surface area contributed by atoms with E-state index in [1.807, 2.05) is 36.9 Å². The molecule has 0 spiro atoms. The normalized spacial score (nSPS) is 21.4.